The van der Waals surface area contributed by atoms with Gasteiger partial charge < -0.3 is 43.7 Å². The van der Waals surface area contributed by atoms with Crippen LogP contribution in [0.5, 0.6) is 0 Å². The number of aliphatic hydroxyl groups excluding tert-OH is 3. The van der Waals surface area contributed by atoms with Gasteiger partial charge in [0.1, 0.15) is 43.2 Å². The zero-order chi connectivity index (χ0) is 32.3. The minimum atomic E-state index is -1.92. The maximum atomic E-state index is 13.3. The first-order valence-corrected chi connectivity index (χ1v) is 13.3. The molecule has 0 saturated carbocycles. The molecule has 238 valence electrons. The zero-order valence-corrected chi connectivity index (χ0v) is 23.6. The summed E-state index contributed by atoms with van der Waals surface area (Å²) < 4.78 is 32.7. The molecule has 3 aliphatic rings. The third-order valence-electron chi connectivity index (χ3n) is 7.09. The topological polar surface area (TPSA) is 253 Å². The van der Waals surface area contributed by atoms with Crippen LogP contribution in [0.3, 0.4) is 0 Å². The van der Waals surface area contributed by atoms with Gasteiger partial charge in [0.05, 0.1) is 17.7 Å². The number of nitrogens with zero attached hydrogens (tertiary/aromatic N) is 4. The highest BCUT2D eigenvalue weighted by atomic mass is 16.7. The van der Waals surface area contributed by atoms with Crippen molar-refractivity contribution in [2.24, 2.45) is 5.11 Å². The number of imide groups is 1. The van der Waals surface area contributed by atoms with Crippen molar-refractivity contribution in [1.82, 2.24) is 4.90 Å². The first kappa shape index (κ1) is 32.7. The molecule has 44 heavy (non-hydrogen) atoms. The predicted octanol–water partition coefficient (Wildman–Crippen LogP) is -1.06. The molecular weight excluding hydrogens is 592 g/mol. The second-order valence-corrected chi connectivity index (χ2v) is 10.0. The molecule has 0 bridgehead atoms. The van der Waals surface area contributed by atoms with Crippen LogP contribution in [-0.2, 0) is 42.8 Å². The highest BCUT2D eigenvalue weighted by Crippen LogP contribution is 2.36. The Labute approximate surface area is 248 Å². The van der Waals surface area contributed by atoms with E-state index in [1.807, 2.05) is 0 Å². The van der Waals surface area contributed by atoms with Gasteiger partial charge in [-0.15, -0.1) is 0 Å². The largest absolute Gasteiger partial charge is 0.463 e. The number of carbonyl (C=O) groups excluding carboxylic acids is 5. The molecule has 3 heterocycles. The van der Waals surface area contributed by atoms with E-state index in [-0.39, 0.29) is 11.1 Å². The van der Waals surface area contributed by atoms with E-state index in [0.29, 0.717) is 4.90 Å². The third-order valence-corrected chi connectivity index (χ3v) is 7.09. The standard InChI is InChI=1S/C26H30N4O14/c1-10(32)39-9-16-21(40-11(2)33)19(36)22(41-12(3)34)26(43-16)44-20-15(8-31)42-23(28-29-27)17(18(20)35)30-24(37)13-6-4-5-7-14(13)25(30)38/h4-7,15-23,26,31,35-36H,8-9H2,1-3H3/t15?,16?,17-,18?,19?,20+,21-,22-,23+,26-/m0/s1. The van der Waals surface area contributed by atoms with Gasteiger partial charge in [-0.1, -0.05) is 17.2 Å². The van der Waals surface area contributed by atoms with Gasteiger partial charge in [0.25, 0.3) is 11.8 Å². The molecule has 18 nitrogen and oxygen atoms in total. The number of benzene rings is 1. The summed E-state index contributed by atoms with van der Waals surface area (Å²) in [5.41, 5.74) is 9.19. The van der Waals surface area contributed by atoms with Crippen molar-refractivity contribution < 1.29 is 67.7 Å². The number of fused-ring (bicyclic) bond motifs is 1. The lowest BCUT2D eigenvalue weighted by Crippen LogP contribution is -2.68. The summed E-state index contributed by atoms with van der Waals surface area (Å²) in [6.45, 7) is 1.74. The predicted molar refractivity (Wildman–Crippen MR) is 139 cm³/mol. The lowest BCUT2D eigenvalue weighted by Gasteiger charge is -2.48. The molecular formula is C26H30N4O14. The Morgan fingerprint density at radius 1 is 0.909 bits per heavy atom. The van der Waals surface area contributed by atoms with Gasteiger partial charge in [0.2, 0.25) is 0 Å². The van der Waals surface area contributed by atoms with Crippen molar-refractivity contribution in [2.75, 3.05) is 13.2 Å². The molecule has 4 rings (SSSR count). The first-order chi connectivity index (χ1) is 20.9. The number of esters is 3. The number of ether oxygens (including phenoxy) is 6. The van der Waals surface area contributed by atoms with E-state index in [2.05, 4.69) is 10.0 Å². The molecule has 0 aliphatic carbocycles. The quantitative estimate of drug-likeness (QED) is 0.0741. The van der Waals surface area contributed by atoms with Gasteiger partial charge in [-0.25, -0.2) is 0 Å². The summed E-state index contributed by atoms with van der Waals surface area (Å²) in [7, 11) is 0. The van der Waals surface area contributed by atoms with Crippen molar-refractivity contribution >= 4 is 29.7 Å². The molecule has 2 saturated heterocycles. The number of rotatable bonds is 9. The highest BCUT2D eigenvalue weighted by molar-refractivity contribution is 6.21. The number of aliphatic hydroxyl groups is 3. The lowest BCUT2D eigenvalue weighted by atomic mass is 9.93. The van der Waals surface area contributed by atoms with Gasteiger partial charge in [-0.05, 0) is 17.7 Å². The molecule has 3 N–H and O–H groups in total. The van der Waals surface area contributed by atoms with E-state index >= 15 is 0 Å². The van der Waals surface area contributed by atoms with Gasteiger partial charge in [-0.3, -0.25) is 28.9 Å². The lowest BCUT2D eigenvalue weighted by molar-refractivity contribution is -0.339. The van der Waals surface area contributed by atoms with Crippen molar-refractivity contribution in [3.05, 3.63) is 45.8 Å². The Morgan fingerprint density at radius 3 is 2.02 bits per heavy atom. The second kappa shape index (κ2) is 13.6. The molecule has 4 unspecified atom stereocenters. The van der Waals surface area contributed by atoms with Gasteiger partial charge in [-0.2, -0.15) is 0 Å². The molecule has 1 aromatic rings. The maximum Gasteiger partial charge on any atom is 0.303 e. The van der Waals surface area contributed by atoms with Gasteiger partial charge in [0, 0.05) is 25.7 Å². The molecule has 2 amide bonds. The first-order valence-electron chi connectivity index (χ1n) is 13.3. The van der Waals surface area contributed by atoms with Gasteiger partial charge in [0.15, 0.2) is 24.7 Å². The number of carbonyl (C=O) groups is 5. The molecule has 1 aromatic carbocycles. The molecule has 2 fully saturated rings. The minimum Gasteiger partial charge on any atom is -0.463 e. The Bertz CT molecular complexity index is 1310. The average Bonchev–Trinajstić information content (AvgIpc) is 3.21. The molecule has 0 spiro atoms. The maximum absolute atomic E-state index is 13.3. The van der Waals surface area contributed by atoms with Crippen LogP contribution in [0.2, 0.25) is 0 Å². The van der Waals surface area contributed by atoms with Crippen LogP contribution >= 0.6 is 0 Å². The van der Waals surface area contributed by atoms with Crippen molar-refractivity contribution in [2.45, 2.75) is 82.1 Å². The number of amides is 2. The number of hydrogen-bond donors (Lipinski definition) is 3. The number of azide groups is 1. The summed E-state index contributed by atoms with van der Waals surface area (Å²) in [4.78, 5) is 65.1. The highest BCUT2D eigenvalue weighted by Gasteiger charge is 2.56. The normalized spacial score (nSPS) is 33.2. The monoisotopic (exact) mass is 622 g/mol. The fourth-order valence-electron chi connectivity index (χ4n) is 5.29. The Morgan fingerprint density at radius 2 is 1.50 bits per heavy atom. The van der Waals surface area contributed by atoms with E-state index < -0.39 is 104 Å². The molecule has 0 radical (unpaired) electrons. The average molecular weight is 623 g/mol. The Balaban J connectivity index is 1.70. The van der Waals surface area contributed by atoms with Crippen LogP contribution in [0.15, 0.2) is 29.4 Å². The van der Waals surface area contributed by atoms with Crippen molar-refractivity contribution in [3.63, 3.8) is 0 Å². The van der Waals surface area contributed by atoms with Crippen molar-refractivity contribution in [1.29, 1.82) is 0 Å². The fraction of sp³-hybridized carbons (Fsp3) is 0.577. The second-order valence-electron chi connectivity index (χ2n) is 10.0. The van der Waals surface area contributed by atoms with E-state index in [0.717, 1.165) is 20.8 Å². The Hall–Kier alpha value is -4.16. The van der Waals surface area contributed by atoms with Crippen LogP contribution < -0.4 is 0 Å². The Kier molecular flexibility index (Phi) is 10.2. The van der Waals surface area contributed by atoms with E-state index in [9.17, 15) is 39.3 Å². The van der Waals surface area contributed by atoms with Crippen LogP contribution in [-0.4, -0.2) is 124 Å². The summed E-state index contributed by atoms with van der Waals surface area (Å²) in [5, 5.41) is 36.3. The van der Waals surface area contributed by atoms with Crippen LogP contribution in [0, 0.1) is 0 Å². The third kappa shape index (κ3) is 6.51. The van der Waals surface area contributed by atoms with Crippen LogP contribution in [0.25, 0.3) is 10.4 Å². The van der Waals surface area contributed by atoms with E-state index in [4.69, 9.17) is 34.0 Å². The molecule has 18 heteroatoms. The molecule has 0 aromatic heterocycles. The fourth-order valence-corrected chi connectivity index (χ4v) is 5.29. The summed E-state index contributed by atoms with van der Waals surface area (Å²) >= 11 is 0. The summed E-state index contributed by atoms with van der Waals surface area (Å²) in [5.74, 6) is -4.17. The van der Waals surface area contributed by atoms with Gasteiger partial charge >= 0.3 is 17.9 Å². The van der Waals surface area contributed by atoms with Crippen LogP contribution in [0.1, 0.15) is 41.5 Å². The minimum absolute atomic E-state index is 0.0182. The van der Waals surface area contributed by atoms with Crippen molar-refractivity contribution in [3.8, 4) is 0 Å². The molecule has 3 aliphatic heterocycles. The van der Waals surface area contributed by atoms with E-state index in [1.165, 1.54) is 24.3 Å². The summed E-state index contributed by atoms with van der Waals surface area (Å²) in [6, 6.07) is 4.15. The zero-order valence-electron chi connectivity index (χ0n) is 23.6. The number of hydrogen-bond acceptors (Lipinski definition) is 15. The smallest absolute Gasteiger partial charge is 0.303 e. The van der Waals surface area contributed by atoms with E-state index in [1.54, 1.807) is 0 Å². The summed E-state index contributed by atoms with van der Waals surface area (Å²) in [6.07, 6.45) is -15.0. The SMILES string of the molecule is CC(=O)OCC1O[C@@H](O[C@@H]2C(CO)O[C@@H](N=[N+]=[N-])[C@@H](N3C(=O)c4ccccc4C3=O)C2O)[C@@H](OC(C)=O)C(O)[C@H]1OC(C)=O. The molecule has 10 atom stereocenters. The van der Waals surface area contributed by atoms with Crippen LogP contribution in [0.4, 0.5) is 0 Å².